The van der Waals surface area contributed by atoms with Crippen molar-refractivity contribution in [2.75, 3.05) is 13.2 Å². The molecule has 0 bridgehead atoms. The molecule has 1 aliphatic heterocycles. The average molecular weight is 218 g/mol. The van der Waals surface area contributed by atoms with Crippen LogP contribution in [0, 0.1) is 5.95 Å². The van der Waals surface area contributed by atoms with Crippen molar-refractivity contribution >= 4 is 11.6 Å². The Morgan fingerprint density at radius 1 is 1.43 bits per heavy atom. The smallest absolute Gasteiger partial charge is 0.222 e. The van der Waals surface area contributed by atoms with Crippen LogP contribution in [0.5, 0.6) is 0 Å². The summed E-state index contributed by atoms with van der Waals surface area (Å²) in [6.45, 7) is 2.57. The number of rotatable bonds is 1. The van der Waals surface area contributed by atoms with Crippen LogP contribution in [-0.2, 0) is 15.3 Å². The van der Waals surface area contributed by atoms with Gasteiger partial charge in [0.1, 0.15) is 5.15 Å². The maximum absolute atomic E-state index is 13.4. The molecular formula is C9H9ClFNO2. The molecule has 14 heavy (non-hydrogen) atoms. The number of ether oxygens (including phenoxy) is 2. The van der Waals surface area contributed by atoms with Gasteiger partial charge in [0.05, 0.1) is 18.8 Å². The first-order chi connectivity index (χ1) is 6.62. The second kappa shape index (κ2) is 3.46. The number of hydrogen-bond acceptors (Lipinski definition) is 3. The Labute approximate surface area is 85.8 Å². The molecule has 0 radical (unpaired) electrons. The van der Waals surface area contributed by atoms with Gasteiger partial charge >= 0.3 is 0 Å². The van der Waals surface area contributed by atoms with E-state index in [1.54, 1.807) is 6.92 Å². The highest BCUT2D eigenvalue weighted by atomic mass is 35.5. The van der Waals surface area contributed by atoms with Gasteiger partial charge in [0.25, 0.3) is 0 Å². The summed E-state index contributed by atoms with van der Waals surface area (Å²) < 4.78 is 24.0. The Bertz CT molecular complexity index is 353. The Morgan fingerprint density at radius 3 is 2.64 bits per heavy atom. The van der Waals surface area contributed by atoms with Crippen molar-refractivity contribution in [2.24, 2.45) is 0 Å². The average Bonchev–Trinajstić information content (AvgIpc) is 2.52. The number of nitrogens with zero attached hydrogens (tertiary/aromatic N) is 1. The third-order valence-corrected chi connectivity index (χ3v) is 2.35. The van der Waals surface area contributed by atoms with E-state index in [0.29, 0.717) is 13.2 Å². The molecular weight excluding hydrogens is 209 g/mol. The summed E-state index contributed by atoms with van der Waals surface area (Å²) in [5.74, 6) is -1.68. The highest BCUT2D eigenvalue weighted by Gasteiger charge is 2.36. The zero-order valence-electron chi connectivity index (χ0n) is 7.59. The Balaban J connectivity index is 2.40. The zero-order valence-corrected chi connectivity index (χ0v) is 8.34. The van der Waals surface area contributed by atoms with Crippen LogP contribution in [0.25, 0.3) is 0 Å². The molecule has 0 N–H and O–H groups in total. The fraction of sp³-hybridized carbons (Fsp3) is 0.444. The molecule has 1 aromatic rings. The first kappa shape index (κ1) is 9.83. The molecule has 1 aliphatic rings. The molecule has 1 aromatic heterocycles. The van der Waals surface area contributed by atoms with E-state index in [-0.39, 0.29) is 10.7 Å². The first-order valence-electron chi connectivity index (χ1n) is 4.22. The minimum Gasteiger partial charge on any atom is -0.344 e. The van der Waals surface area contributed by atoms with Crippen LogP contribution in [0.2, 0.25) is 5.15 Å². The lowest BCUT2D eigenvalue weighted by Crippen LogP contribution is -2.24. The van der Waals surface area contributed by atoms with Crippen LogP contribution in [0.1, 0.15) is 12.5 Å². The quantitative estimate of drug-likeness (QED) is 0.675. The summed E-state index contributed by atoms with van der Waals surface area (Å²) in [6.07, 6.45) is 0. The molecule has 3 nitrogen and oxygen atoms in total. The Kier molecular flexibility index (Phi) is 2.43. The maximum atomic E-state index is 13.4. The van der Waals surface area contributed by atoms with Crippen molar-refractivity contribution in [3.8, 4) is 0 Å². The molecule has 1 fully saturated rings. The summed E-state index contributed by atoms with van der Waals surface area (Å²) in [4.78, 5) is 3.50. The largest absolute Gasteiger partial charge is 0.344 e. The lowest BCUT2D eigenvalue weighted by molar-refractivity contribution is -0.152. The van der Waals surface area contributed by atoms with Crippen molar-refractivity contribution in [3.05, 3.63) is 28.8 Å². The van der Waals surface area contributed by atoms with Crippen molar-refractivity contribution in [2.45, 2.75) is 12.7 Å². The van der Waals surface area contributed by atoms with E-state index < -0.39 is 11.7 Å². The van der Waals surface area contributed by atoms with Crippen LogP contribution >= 0.6 is 11.6 Å². The second-order valence-corrected chi connectivity index (χ2v) is 3.50. The van der Waals surface area contributed by atoms with E-state index in [1.807, 2.05) is 0 Å². The number of pyridine rings is 1. The minimum atomic E-state index is -1.03. The van der Waals surface area contributed by atoms with Gasteiger partial charge in [0.15, 0.2) is 5.79 Å². The van der Waals surface area contributed by atoms with Crippen molar-refractivity contribution < 1.29 is 13.9 Å². The van der Waals surface area contributed by atoms with Crippen LogP contribution in [-0.4, -0.2) is 18.2 Å². The summed E-state index contributed by atoms with van der Waals surface area (Å²) in [6, 6.07) is 3.03. The predicted molar refractivity (Wildman–Crippen MR) is 48.5 cm³/mol. The van der Waals surface area contributed by atoms with Crippen LogP contribution in [0.15, 0.2) is 12.1 Å². The van der Waals surface area contributed by atoms with E-state index in [0.717, 1.165) is 0 Å². The van der Waals surface area contributed by atoms with Gasteiger partial charge in [0.2, 0.25) is 5.95 Å². The molecule has 0 aromatic carbocycles. The number of halogens is 2. The van der Waals surface area contributed by atoms with Crippen LogP contribution in [0.4, 0.5) is 4.39 Å². The molecule has 0 amide bonds. The Hall–Kier alpha value is -0.710. The van der Waals surface area contributed by atoms with Gasteiger partial charge in [-0.15, -0.1) is 0 Å². The summed E-state index contributed by atoms with van der Waals surface area (Å²) in [5.41, 5.74) is 0.277. The SMILES string of the molecule is CC1(c2ccc(Cl)nc2F)OCCO1. The molecule has 1 saturated heterocycles. The third-order valence-electron chi connectivity index (χ3n) is 2.14. The molecule has 76 valence electrons. The van der Waals surface area contributed by atoms with Gasteiger partial charge in [0, 0.05) is 0 Å². The zero-order chi connectivity index (χ0) is 10.2. The fourth-order valence-corrected chi connectivity index (χ4v) is 1.56. The number of hydrogen-bond donors (Lipinski definition) is 0. The van der Waals surface area contributed by atoms with Gasteiger partial charge in [-0.05, 0) is 19.1 Å². The highest BCUT2D eigenvalue weighted by Crippen LogP contribution is 2.32. The Morgan fingerprint density at radius 2 is 2.07 bits per heavy atom. The van der Waals surface area contributed by atoms with E-state index in [1.165, 1.54) is 12.1 Å². The van der Waals surface area contributed by atoms with Crippen molar-refractivity contribution in [1.29, 1.82) is 0 Å². The summed E-state index contributed by atoms with van der Waals surface area (Å²) in [7, 11) is 0. The van der Waals surface area contributed by atoms with Gasteiger partial charge in [-0.3, -0.25) is 0 Å². The standard InChI is InChI=1S/C9H9ClFNO2/c1-9(13-4-5-14-9)6-2-3-7(10)12-8(6)11/h2-3H,4-5H2,1H3. The normalized spacial score (nSPS) is 19.9. The summed E-state index contributed by atoms with van der Waals surface area (Å²) >= 11 is 5.54. The van der Waals surface area contributed by atoms with E-state index >= 15 is 0 Å². The van der Waals surface area contributed by atoms with Gasteiger partial charge in [-0.25, -0.2) is 4.98 Å². The molecule has 0 spiro atoms. The summed E-state index contributed by atoms with van der Waals surface area (Å²) in [5, 5.41) is 0.118. The molecule has 2 heterocycles. The van der Waals surface area contributed by atoms with E-state index in [9.17, 15) is 4.39 Å². The fourth-order valence-electron chi connectivity index (χ4n) is 1.42. The molecule has 0 atom stereocenters. The number of aromatic nitrogens is 1. The monoisotopic (exact) mass is 217 g/mol. The van der Waals surface area contributed by atoms with E-state index in [2.05, 4.69) is 4.98 Å². The maximum Gasteiger partial charge on any atom is 0.222 e. The molecule has 2 rings (SSSR count). The third kappa shape index (κ3) is 1.61. The highest BCUT2D eigenvalue weighted by molar-refractivity contribution is 6.29. The molecule has 0 aliphatic carbocycles. The first-order valence-corrected chi connectivity index (χ1v) is 4.60. The van der Waals surface area contributed by atoms with Gasteiger partial charge in [-0.2, -0.15) is 4.39 Å². The lowest BCUT2D eigenvalue weighted by atomic mass is 10.1. The van der Waals surface area contributed by atoms with Crippen molar-refractivity contribution in [3.63, 3.8) is 0 Å². The van der Waals surface area contributed by atoms with Gasteiger partial charge < -0.3 is 9.47 Å². The van der Waals surface area contributed by atoms with Crippen LogP contribution < -0.4 is 0 Å². The molecule has 0 unspecified atom stereocenters. The second-order valence-electron chi connectivity index (χ2n) is 3.11. The van der Waals surface area contributed by atoms with Crippen molar-refractivity contribution in [1.82, 2.24) is 4.98 Å². The predicted octanol–water partition coefficient (Wildman–Crippen LogP) is 2.09. The minimum absolute atomic E-state index is 0.118. The molecule has 5 heteroatoms. The topological polar surface area (TPSA) is 31.4 Å². The van der Waals surface area contributed by atoms with Crippen LogP contribution in [0.3, 0.4) is 0 Å². The lowest BCUT2D eigenvalue weighted by Gasteiger charge is -2.22. The molecule has 0 saturated carbocycles. The van der Waals surface area contributed by atoms with E-state index in [4.69, 9.17) is 21.1 Å². The van der Waals surface area contributed by atoms with Gasteiger partial charge in [-0.1, -0.05) is 11.6 Å².